The average molecular weight is 353 g/mol. The summed E-state index contributed by atoms with van der Waals surface area (Å²) < 4.78 is 5.95. The van der Waals surface area contributed by atoms with Crippen LogP contribution in [-0.4, -0.2) is 47.4 Å². The van der Waals surface area contributed by atoms with Crippen LogP contribution in [0.1, 0.15) is 39.6 Å². The number of nitrogens with zero attached hydrogens (tertiary/aromatic N) is 2. The lowest BCUT2D eigenvalue weighted by molar-refractivity contribution is 0.0768. The SMILES string of the molecule is CCNC(=O)c1cccnc1OC1CCN(C(=O)c2ccccc2C)C1. The number of aryl methyl sites for hydroxylation is 1. The van der Waals surface area contributed by atoms with Crippen molar-refractivity contribution in [2.75, 3.05) is 19.6 Å². The summed E-state index contributed by atoms with van der Waals surface area (Å²) in [5.74, 6) is 0.120. The van der Waals surface area contributed by atoms with Gasteiger partial charge in [0.15, 0.2) is 0 Å². The number of likely N-dealkylation sites (tertiary alicyclic amines) is 1. The van der Waals surface area contributed by atoms with Crippen molar-refractivity contribution >= 4 is 11.8 Å². The summed E-state index contributed by atoms with van der Waals surface area (Å²) in [6, 6.07) is 11.0. The van der Waals surface area contributed by atoms with E-state index >= 15 is 0 Å². The molecule has 136 valence electrons. The number of pyridine rings is 1. The van der Waals surface area contributed by atoms with Gasteiger partial charge in [0.25, 0.3) is 11.8 Å². The van der Waals surface area contributed by atoms with E-state index in [0.717, 1.165) is 5.56 Å². The summed E-state index contributed by atoms with van der Waals surface area (Å²) in [6.07, 6.45) is 2.14. The third-order valence-electron chi connectivity index (χ3n) is 4.44. The van der Waals surface area contributed by atoms with Gasteiger partial charge in [0.2, 0.25) is 5.88 Å². The number of ether oxygens (including phenoxy) is 1. The van der Waals surface area contributed by atoms with Crippen molar-refractivity contribution in [1.29, 1.82) is 0 Å². The van der Waals surface area contributed by atoms with Gasteiger partial charge in [-0.2, -0.15) is 0 Å². The second kappa shape index (κ2) is 7.99. The first kappa shape index (κ1) is 17.9. The fraction of sp³-hybridized carbons (Fsp3) is 0.350. The highest BCUT2D eigenvalue weighted by molar-refractivity contribution is 5.96. The summed E-state index contributed by atoms with van der Waals surface area (Å²) >= 11 is 0. The number of aromatic nitrogens is 1. The molecule has 1 N–H and O–H groups in total. The Bertz CT molecular complexity index is 806. The van der Waals surface area contributed by atoms with E-state index in [2.05, 4.69) is 10.3 Å². The van der Waals surface area contributed by atoms with Crippen molar-refractivity contribution in [2.45, 2.75) is 26.4 Å². The molecule has 1 saturated heterocycles. The Kier molecular flexibility index (Phi) is 5.51. The zero-order valence-electron chi connectivity index (χ0n) is 15.1. The predicted octanol–water partition coefficient (Wildman–Crippen LogP) is 2.43. The lowest BCUT2D eigenvalue weighted by Crippen LogP contribution is -2.32. The summed E-state index contributed by atoms with van der Waals surface area (Å²) in [5.41, 5.74) is 2.09. The number of amides is 2. The topological polar surface area (TPSA) is 71.5 Å². The van der Waals surface area contributed by atoms with E-state index in [9.17, 15) is 9.59 Å². The first-order chi connectivity index (χ1) is 12.6. The minimum Gasteiger partial charge on any atom is -0.472 e. The highest BCUT2D eigenvalue weighted by Crippen LogP contribution is 2.22. The number of hydrogen-bond acceptors (Lipinski definition) is 4. The van der Waals surface area contributed by atoms with Crippen LogP contribution in [0.2, 0.25) is 0 Å². The molecule has 0 saturated carbocycles. The molecule has 2 aromatic rings. The van der Waals surface area contributed by atoms with Crippen LogP contribution in [0, 0.1) is 6.92 Å². The number of carbonyl (C=O) groups excluding carboxylic acids is 2. The molecule has 1 unspecified atom stereocenters. The van der Waals surface area contributed by atoms with Gasteiger partial charge in [-0.1, -0.05) is 18.2 Å². The molecule has 0 radical (unpaired) electrons. The van der Waals surface area contributed by atoms with Gasteiger partial charge in [0.1, 0.15) is 11.7 Å². The molecule has 26 heavy (non-hydrogen) atoms. The molecule has 1 aromatic carbocycles. The smallest absolute Gasteiger partial charge is 0.256 e. The lowest BCUT2D eigenvalue weighted by Gasteiger charge is -2.18. The van der Waals surface area contributed by atoms with Gasteiger partial charge in [-0.3, -0.25) is 9.59 Å². The fourth-order valence-corrected chi connectivity index (χ4v) is 3.06. The maximum absolute atomic E-state index is 12.7. The van der Waals surface area contributed by atoms with Gasteiger partial charge in [-0.25, -0.2) is 4.98 Å². The predicted molar refractivity (Wildman–Crippen MR) is 98.4 cm³/mol. The summed E-state index contributed by atoms with van der Waals surface area (Å²) in [5, 5.41) is 2.76. The lowest BCUT2D eigenvalue weighted by atomic mass is 10.1. The van der Waals surface area contributed by atoms with Crippen molar-refractivity contribution < 1.29 is 14.3 Å². The second-order valence-electron chi connectivity index (χ2n) is 6.31. The molecule has 2 heterocycles. The molecule has 1 atom stereocenters. The number of hydrogen-bond donors (Lipinski definition) is 1. The third kappa shape index (κ3) is 3.85. The maximum Gasteiger partial charge on any atom is 0.256 e. The Hall–Kier alpha value is -2.89. The highest BCUT2D eigenvalue weighted by atomic mass is 16.5. The molecule has 1 aliphatic rings. The van der Waals surface area contributed by atoms with Crippen LogP contribution in [0.25, 0.3) is 0 Å². The van der Waals surface area contributed by atoms with E-state index < -0.39 is 0 Å². The van der Waals surface area contributed by atoms with Crippen LogP contribution in [0.5, 0.6) is 5.88 Å². The fourth-order valence-electron chi connectivity index (χ4n) is 3.06. The van der Waals surface area contributed by atoms with Gasteiger partial charge in [-0.05, 0) is 37.6 Å². The minimum atomic E-state index is -0.207. The summed E-state index contributed by atoms with van der Waals surface area (Å²) in [4.78, 5) is 30.8. The highest BCUT2D eigenvalue weighted by Gasteiger charge is 2.30. The molecule has 2 amide bonds. The summed E-state index contributed by atoms with van der Waals surface area (Å²) in [7, 11) is 0. The molecule has 1 aromatic heterocycles. The normalized spacial score (nSPS) is 16.4. The van der Waals surface area contributed by atoms with Crippen LogP contribution in [-0.2, 0) is 0 Å². The molecule has 0 bridgehead atoms. The van der Waals surface area contributed by atoms with Gasteiger partial charge < -0.3 is 15.0 Å². The molecule has 1 aliphatic heterocycles. The number of carbonyl (C=O) groups is 2. The van der Waals surface area contributed by atoms with E-state index in [-0.39, 0.29) is 17.9 Å². The van der Waals surface area contributed by atoms with Gasteiger partial charge in [-0.15, -0.1) is 0 Å². The minimum absolute atomic E-state index is 0.0131. The molecule has 0 spiro atoms. The first-order valence-corrected chi connectivity index (χ1v) is 8.85. The molecule has 6 heteroatoms. The molecule has 1 fully saturated rings. The van der Waals surface area contributed by atoms with Crippen molar-refractivity contribution in [3.63, 3.8) is 0 Å². The Morgan fingerprint density at radius 3 is 2.77 bits per heavy atom. The van der Waals surface area contributed by atoms with Gasteiger partial charge in [0.05, 0.1) is 6.54 Å². The number of rotatable bonds is 5. The Morgan fingerprint density at radius 1 is 1.23 bits per heavy atom. The van der Waals surface area contributed by atoms with Crippen LogP contribution < -0.4 is 10.1 Å². The zero-order chi connectivity index (χ0) is 18.5. The molecular weight excluding hydrogens is 330 g/mol. The van der Waals surface area contributed by atoms with Crippen LogP contribution >= 0.6 is 0 Å². The zero-order valence-corrected chi connectivity index (χ0v) is 15.1. The van der Waals surface area contributed by atoms with Crippen LogP contribution in [0.15, 0.2) is 42.6 Å². The summed E-state index contributed by atoms with van der Waals surface area (Å²) in [6.45, 7) is 5.44. The van der Waals surface area contributed by atoms with E-state index in [4.69, 9.17) is 4.74 Å². The first-order valence-electron chi connectivity index (χ1n) is 8.85. The molecular formula is C20H23N3O3. The van der Waals surface area contributed by atoms with Crippen molar-refractivity contribution in [1.82, 2.24) is 15.2 Å². The van der Waals surface area contributed by atoms with E-state index in [0.29, 0.717) is 43.1 Å². The van der Waals surface area contributed by atoms with E-state index in [1.54, 1.807) is 23.2 Å². The number of nitrogens with one attached hydrogen (secondary N) is 1. The van der Waals surface area contributed by atoms with Crippen LogP contribution in [0.4, 0.5) is 0 Å². The third-order valence-corrected chi connectivity index (χ3v) is 4.44. The quantitative estimate of drug-likeness (QED) is 0.896. The Morgan fingerprint density at radius 2 is 2.00 bits per heavy atom. The number of benzene rings is 1. The van der Waals surface area contributed by atoms with Crippen molar-refractivity contribution in [2.24, 2.45) is 0 Å². The van der Waals surface area contributed by atoms with Crippen LogP contribution in [0.3, 0.4) is 0 Å². The Balaban J connectivity index is 1.68. The van der Waals surface area contributed by atoms with Gasteiger partial charge in [0, 0.05) is 31.3 Å². The second-order valence-corrected chi connectivity index (χ2v) is 6.31. The average Bonchev–Trinajstić information content (AvgIpc) is 3.11. The molecule has 6 nitrogen and oxygen atoms in total. The maximum atomic E-state index is 12.7. The standard InChI is InChI=1S/C20H23N3O3/c1-3-21-18(24)17-9-6-11-22-19(17)26-15-10-12-23(13-15)20(25)16-8-5-4-7-14(16)2/h4-9,11,15H,3,10,12-13H2,1-2H3,(H,21,24). The van der Waals surface area contributed by atoms with Crippen molar-refractivity contribution in [3.8, 4) is 5.88 Å². The van der Waals surface area contributed by atoms with E-state index in [1.165, 1.54) is 0 Å². The molecule has 0 aliphatic carbocycles. The largest absolute Gasteiger partial charge is 0.472 e. The monoisotopic (exact) mass is 353 g/mol. The molecule has 3 rings (SSSR count). The Labute approximate surface area is 153 Å². The van der Waals surface area contributed by atoms with E-state index in [1.807, 2.05) is 38.1 Å². The van der Waals surface area contributed by atoms with Gasteiger partial charge >= 0.3 is 0 Å². The van der Waals surface area contributed by atoms with Crippen molar-refractivity contribution in [3.05, 3.63) is 59.3 Å².